The number of para-hydroxylation sites is 1. The second-order valence-electron chi connectivity index (χ2n) is 9.92. The van der Waals surface area contributed by atoms with Gasteiger partial charge in [0.2, 0.25) is 0 Å². The first-order valence-electron chi connectivity index (χ1n) is 13.5. The molecule has 0 fully saturated rings. The normalized spacial score (nSPS) is 10.9. The summed E-state index contributed by atoms with van der Waals surface area (Å²) in [6.07, 6.45) is 5.26. The number of aliphatic carboxylic acids is 1. The molecule has 1 heterocycles. The van der Waals surface area contributed by atoms with E-state index < -0.39 is 5.97 Å². The van der Waals surface area contributed by atoms with Crippen LogP contribution in [0.3, 0.4) is 0 Å². The van der Waals surface area contributed by atoms with Crippen LogP contribution < -0.4 is 10.1 Å². The molecule has 202 valence electrons. The van der Waals surface area contributed by atoms with Gasteiger partial charge in [0, 0.05) is 54.3 Å². The molecule has 39 heavy (non-hydrogen) atoms. The van der Waals surface area contributed by atoms with Crippen LogP contribution in [-0.2, 0) is 11.3 Å². The molecule has 6 heteroatoms. The molecule has 2 N–H and O–H groups in total. The first-order chi connectivity index (χ1) is 18.9. The average molecular weight is 525 g/mol. The molecule has 4 aromatic rings. The van der Waals surface area contributed by atoms with Gasteiger partial charge in [-0.15, -0.1) is 0 Å². The van der Waals surface area contributed by atoms with Crippen molar-refractivity contribution in [3.8, 4) is 16.9 Å². The number of benzene rings is 3. The average Bonchev–Trinajstić information content (AvgIpc) is 3.38. The summed E-state index contributed by atoms with van der Waals surface area (Å²) in [4.78, 5) is 24.3. The third kappa shape index (κ3) is 7.60. The second-order valence-corrected chi connectivity index (χ2v) is 9.92. The summed E-state index contributed by atoms with van der Waals surface area (Å²) in [5.74, 6) is 0.209. The molecule has 1 aromatic heterocycles. The van der Waals surface area contributed by atoms with Crippen molar-refractivity contribution in [2.24, 2.45) is 0 Å². The van der Waals surface area contributed by atoms with E-state index in [2.05, 4.69) is 37.4 Å². The van der Waals surface area contributed by atoms with E-state index >= 15 is 0 Å². The van der Waals surface area contributed by atoms with Gasteiger partial charge < -0.3 is 19.7 Å². The van der Waals surface area contributed by atoms with Gasteiger partial charge in [0.05, 0.1) is 6.61 Å². The highest BCUT2D eigenvalue weighted by Crippen LogP contribution is 2.29. The van der Waals surface area contributed by atoms with Crippen molar-refractivity contribution in [3.05, 3.63) is 108 Å². The van der Waals surface area contributed by atoms with Gasteiger partial charge in [-0.2, -0.15) is 0 Å². The summed E-state index contributed by atoms with van der Waals surface area (Å²) < 4.78 is 8.03. The third-order valence-electron chi connectivity index (χ3n) is 6.59. The van der Waals surface area contributed by atoms with Crippen LogP contribution in [0.1, 0.15) is 60.5 Å². The molecule has 6 nitrogen and oxygen atoms in total. The van der Waals surface area contributed by atoms with E-state index in [1.165, 1.54) is 0 Å². The van der Waals surface area contributed by atoms with E-state index in [9.17, 15) is 9.59 Å². The van der Waals surface area contributed by atoms with E-state index in [1.807, 2.05) is 77.6 Å². The summed E-state index contributed by atoms with van der Waals surface area (Å²) >= 11 is 0. The van der Waals surface area contributed by atoms with Crippen molar-refractivity contribution in [2.45, 2.75) is 45.6 Å². The zero-order chi connectivity index (χ0) is 27.6. The SMILES string of the molecule is CC(C)c1cn(CCCC(=O)O)cc1C(=O)c1cccc(NCCCOc2ccccc2-c2ccccc2)c1. The number of anilines is 1. The van der Waals surface area contributed by atoms with E-state index in [-0.39, 0.29) is 18.1 Å². The highest BCUT2D eigenvalue weighted by atomic mass is 16.5. The van der Waals surface area contributed by atoms with Crippen LogP contribution in [0.2, 0.25) is 0 Å². The van der Waals surface area contributed by atoms with Crippen LogP contribution in [-0.4, -0.2) is 34.6 Å². The number of carboxylic acids is 1. The monoisotopic (exact) mass is 524 g/mol. The van der Waals surface area contributed by atoms with E-state index in [0.717, 1.165) is 34.5 Å². The molecule has 3 aromatic carbocycles. The van der Waals surface area contributed by atoms with Gasteiger partial charge in [0.25, 0.3) is 0 Å². The molecule has 0 bridgehead atoms. The first kappa shape index (κ1) is 27.7. The lowest BCUT2D eigenvalue weighted by Crippen LogP contribution is -2.09. The van der Waals surface area contributed by atoms with Crippen molar-refractivity contribution in [2.75, 3.05) is 18.5 Å². The zero-order valence-electron chi connectivity index (χ0n) is 22.6. The van der Waals surface area contributed by atoms with Crippen LogP contribution in [0.25, 0.3) is 11.1 Å². The fourth-order valence-electron chi connectivity index (χ4n) is 4.58. The van der Waals surface area contributed by atoms with E-state index in [0.29, 0.717) is 37.2 Å². The number of carbonyl (C=O) groups excluding carboxylic acids is 1. The summed E-state index contributed by atoms with van der Waals surface area (Å²) in [7, 11) is 0. The Balaban J connectivity index is 1.34. The number of nitrogens with one attached hydrogen (secondary N) is 1. The van der Waals surface area contributed by atoms with Gasteiger partial charge in [-0.3, -0.25) is 9.59 Å². The van der Waals surface area contributed by atoms with Gasteiger partial charge in [0.15, 0.2) is 5.78 Å². The third-order valence-corrected chi connectivity index (χ3v) is 6.59. The van der Waals surface area contributed by atoms with E-state index in [4.69, 9.17) is 9.84 Å². The molecule has 0 spiro atoms. The second kappa shape index (κ2) is 13.5. The lowest BCUT2D eigenvalue weighted by Gasteiger charge is -2.13. The van der Waals surface area contributed by atoms with Crippen LogP contribution >= 0.6 is 0 Å². The minimum atomic E-state index is -0.810. The molecule has 0 saturated heterocycles. The van der Waals surface area contributed by atoms with Gasteiger partial charge in [-0.1, -0.05) is 74.5 Å². The summed E-state index contributed by atoms with van der Waals surface area (Å²) in [6.45, 7) is 5.97. The Bertz CT molecular complexity index is 1390. The Morgan fingerprint density at radius 2 is 1.69 bits per heavy atom. The molecule has 0 atom stereocenters. The maximum Gasteiger partial charge on any atom is 0.303 e. The number of ketones is 1. The lowest BCUT2D eigenvalue weighted by atomic mass is 9.96. The minimum Gasteiger partial charge on any atom is -0.493 e. The van der Waals surface area contributed by atoms with E-state index in [1.54, 1.807) is 0 Å². The number of aryl methyl sites for hydroxylation is 1. The molecule has 0 radical (unpaired) electrons. The van der Waals surface area contributed by atoms with Gasteiger partial charge in [-0.05, 0) is 48.1 Å². The van der Waals surface area contributed by atoms with Crippen molar-refractivity contribution in [1.29, 1.82) is 0 Å². The number of rotatable bonds is 14. The quantitative estimate of drug-likeness (QED) is 0.134. The Labute approximate surface area is 230 Å². The predicted octanol–water partition coefficient (Wildman–Crippen LogP) is 7.26. The van der Waals surface area contributed by atoms with Gasteiger partial charge >= 0.3 is 5.97 Å². The standard InChI is InChI=1S/C33H36N2O4/c1-24(2)29-22-35(19-9-17-32(36)37)23-30(29)33(38)26-13-8-14-27(21-26)34-18-10-20-39-31-16-7-6-15-28(31)25-11-4-3-5-12-25/h3-8,11-16,21-24,34H,9-10,17-20H2,1-2H3,(H,36,37). The summed E-state index contributed by atoms with van der Waals surface area (Å²) in [5, 5.41) is 12.3. The number of hydrogen-bond acceptors (Lipinski definition) is 4. The molecule has 0 amide bonds. The van der Waals surface area contributed by atoms with Crippen LogP contribution in [0.15, 0.2) is 91.3 Å². The van der Waals surface area contributed by atoms with Crippen molar-refractivity contribution >= 4 is 17.4 Å². The predicted molar refractivity (Wildman–Crippen MR) is 156 cm³/mol. The van der Waals surface area contributed by atoms with Crippen LogP contribution in [0.4, 0.5) is 5.69 Å². The van der Waals surface area contributed by atoms with Crippen molar-refractivity contribution in [3.63, 3.8) is 0 Å². The molecule has 0 unspecified atom stereocenters. The Hall–Kier alpha value is -4.32. The van der Waals surface area contributed by atoms with Gasteiger partial charge in [0.1, 0.15) is 5.75 Å². The summed E-state index contributed by atoms with van der Waals surface area (Å²) in [6, 6.07) is 25.9. The number of nitrogens with zero attached hydrogens (tertiary/aromatic N) is 1. The Morgan fingerprint density at radius 1 is 0.923 bits per heavy atom. The number of carboxylic acid groups (broad SMARTS) is 1. The molecule has 4 rings (SSSR count). The molecule has 0 saturated carbocycles. The Kier molecular flexibility index (Phi) is 9.57. The highest BCUT2D eigenvalue weighted by molar-refractivity contribution is 6.10. The fourth-order valence-corrected chi connectivity index (χ4v) is 4.58. The smallest absolute Gasteiger partial charge is 0.303 e. The molecular weight excluding hydrogens is 488 g/mol. The largest absolute Gasteiger partial charge is 0.493 e. The maximum absolute atomic E-state index is 13.4. The first-order valence-corrected chi connectivity index (χ1v) is 13.5. The van der Waals surface area contributed by atoms with Crippen molar-refractivity contribution in [1.82, 2.24) is 4.57 Å². The maximum atomic E-state index is 13.4. The number of aromatic nitrogens is 1. The van der Waals surface area contributed by atoms with Crippen molar-refractivity contribution < 1.29 is 19.4 Å². The van der Waals surface area contributed by atoms with Gasteiger partial charge in [-0.25, -0.2) is 0 Å². The van der Waals surface area contributed by atoms with Crippen LogP contribution in [0.5, 0.6) is 5.75 Å². The summed E-state index contributed by atoms with van der Waals surface area (Å²) in [5.41, 5.74) is 5.36. The van der Waals surface area contributed by atoms with Crippen LogP contribution in [0, 0.1) is 0 Å². The zero-order valence-corrected chi connectivity index (χ0v) is 22.6. The number of ether oxygens (including phenoxy) is 1. The fraction of sp³-hybridized carbons (Fsp3) is 0.273. The molecule has 0 aliphatic rings. The highest BCUT2D eigenvalue weighted by Gasteiger charge is 2.19. The molecule has 0 aliphatic heterocycles. The Morgan fingerprint density at radius 3 is 2.46 bits per heavy atom. The molecule has 0 aliphatic carbocycles. The minimum absolute atomic E-state index is 0.0276. The topological polar surface area (TPSA) is 80.6 Å². The number of carbonyl (C=O) groups is 2. The lowest BCUT2D eigenvalue weighted by molar-refractivity contribution is -0.137. The number of hydrogen-bond donors (Lipinski definition) is 2. The molecular formula is C33H36N2O4.